The molecule has 0 saturated carbocycles. The van der Waals surface area contributed by atoms with Gasteiger partial charge in [-0.2, -0.15) is 47.5 Å². The average Bonchev–Trinajstić information content (AvgIpc) is 3.34. The number of carbonyl (C=O) groups is 1. The summed E-state index contributed by atoms with van der Waals surface area (Å²) >= 11 is 0. The molecule has 0 atom stereocenters. The van der Waals surface area contributed by atoms with Gasteiger partial charge in [0.2, 0.25) is 0 Å². The zero-order valence-corrected chi connectivity index (χ0v) is 58.7. The van der Waals surface area contributed by atoms with Crippen molar-refractivity contribution < 1.29 is 254 Å². The van der Waals surface area contributed by atoms with Crippen molar-refractivity contribution in [3.05, 3.63) is 133 Å². The van der Waals surface area contributed by atoms with Gasteiger partial charge in [0.25, 0.3) is 20.2 Å². The molecule has 0 bridgehead atoms. The van der Waals surface area contributed by atoms with E-state index in [0.717, 1.165) is 60.7 Å². The fraction of sp³-hybridized carbons (Fsp3) is 0. The van der Waals surface area contributed by atoms with E-state index in [-0.39, 0.29) is 233 Å². The van der Waals surface area contributed by atoms with E-state index in [4.69, 9.17) is 0 Å². The minimum absolute atomic E-state index is 0. The van der Waals surface area contributed by atoms with Crippen molar-refractivity contribution in [3.63, 3.8) is 0 Å². The number of hydrogen-bond acceptors (Lipinski definition) is 23. The zero-order chi connectivity index (χ0) is 54.9. The molecular formula is C45H26N10Na6O17S4. The molecule has 0 aromatic heterocycles. The van der Waals surface area contributed by atoms with Crippen LogP contribution in [0.4, 0.5) is 61.7 Å². The van der Waals surface area contributed by atoms with Crippen molar-refractivity contribution in [2.75, 3.05) is 10.6 Å². The normalized spacial score (nSPS) is 11.8. The maximum Gasteiger partial charge on any atom is 1.00 e. The fourth-order valence-electron chi connectivity index (χ4n) is 6.80. The van der Waals surface area contributed by atoms with E-state index in [9.17, 15) is 77.1 Å². The van der Waals surface area contributed by atoms with Crippen LogP contribution in [0.15, 0.2) is 194 Å². The summed E-state index contributed by atoms with van der Waals surface area (Å²) in [5.41, 5.74) is -2.32. The van der Waals surface area contributed by atoms with Gasteiger partial charge in [-0.05, 0) is 143 Å². The third-order valence-corrected chi connectivity index (χ3v) is 13.8. The summed E-state index contributed by atoms with van der Waals surface area (Å²) < 4.78 is 137. The number of fused-ring (bicyclic) bond motifs is 2. The molecule has 0 spiro atoms. The van der Waals surface area contributed by atoms with Crippen LogP contribution in [0.5, 0.6) is 23.0 Å². The molecule has 0 fully saturated rings. The summed E-state index contributed by atoms with van der Waals surface area (Å²) in [5.74, 6) is -3.73. The molecule has 8 aromatic rings. The molecule has 0 saturated heterocycles. The molecule has 0 aliphatic carbocycles. The summed E-state index contributed by atoms with van der Waals surface area (Å²) in [7, 11) is -19.8. The van der Waals surface area contributed by atoms with Gasteiger partial charge in [-0.3, -0.25) is 9.11 Å². The van der Waals surface area contributed by atoms with Gasteiger partial charge in [-0.15, -0.1) is 10.2 Å². The van der Waals surface area contributed by atoms with Crippen LogP contribution in [0.1, 0.15) is 0 Å². The van der Waals surface area contributed by atoms with Crippen LogP contribution in [0.2, 0.25) is 0 Å². The van der Waals surface area contributed by atoms with E-state index in [1.807, 2.05) is 0 Å². The summed E-state index contributed by atoms with van der Waals surface area (Å²) in [4.78, 5) is 10.2. The summed E-state index contributed by atoms with van der Waals surface area (Å²) in [6, 6.07) is 23.5. The Labute approximate surface area is 598 Å². The molecule has 0 unspecified atom stereocenters. The van der Waals surface area contributed by atoms with E-state index >= 15 is 0 Å². The maximum absolute atomic E-state index is 13.6. The third-order valence-electron chi connectivity index (χ3n) is 10.3. The second kappa shape index (κ2) is 30.9. The first-order valence-corrected chi connectivity index (χ1v) is 26.4. The molecule has 0 heterocycles. The van der Waals surface area contributed by atoms with Gasteiger partial charge >= 0.3 is 183 Å². The SMILES string of the molecule is O=C(Nc1ccc2c([O-])c(N=Nc3ccc(N=Nc4ccc(S(=O)(=O)[O-])cc4)cc3[O-])c(S(=O)(=O)O)cc2c1)Nc1ccc2c([O-])c(N=Nc3ccc(N=Nc4ccc(S(=O)(=O)[O-])cc4)cc3[O-])c(S(=O)(=O)O)cc2c1.[Na+].[Na+].[Na+].[Na+].[Na+].[Na+]. The van der Waals surface area contributed by atoms with Crippen molar-refractivity contribution in [3.8, 4) is 23.0 Å². The number of carbonyl (C=O) groups excluding carboxylic acids is 1. The molecular weight excluding hydrogens is 1220 g/mol. The largest absolute Gasteiger partial charge is 1.00 e. The Balaban J connectivity index is 0.00000383. The first kappa shape index (κ1) is 74.9. The van der Waals surface area contributed by atoms with Crippen molar-refractivity contribution in [2.45, 2.75) is 19.6 Å². The minimum atomic E-state index is -5.19. The van der Waals surface area contributed by atoms with Crippen LogP contribution < -0.4 is 208 Å². The Hall–Kier alpha value is -3.21. The van der Waals surface area contributed by atoms with Crippen LogP contribution in [0.25, 0.3) is 21.5 Å². The fourth-order valence-corrected chi connectivity index (χ4v) is 9.05. The third kappa shape index (κ3) is 18.9. The topological polar surface area (TPSA) is 455 Å². The Kier molecular flexibility index (Phi) is 28.2. The van der Waals surface area contributed by atoms with Crippen molar-refractivity contribution in [2.24, 2.45) is 40.9 Å². The van der Waals surface area contributed by atoms with Gasteiger partial charge in [0.1, 0.15) is 30.0 Å². The summed E-state index contributed by atoms with van der Waals surface area (Å²) in [5, 5.41) is 87.2. The Bertz CT molecular complexity index is 4050. The Morgan fingerprint density at radius 3 is 1.01 bits per heavy atom. The molecule has 8 rings (SSSR count). The maximum atomic E-state index is 13.6. The second-order valence-electron chi connectivity index (χ2n) is 15.5. The molecule has 2 amide bonds. The van der Waals surface area contributed by atoms with Gasteiger partial charge in [-0.1, -0.05) is 35.1 Å². The number of anilines is 2. The monoisotopic (exact) mass is 1240 g/mol. The van der Waals surface area contributed by atoms with Crippen molar-refractivity contribution in [1.29, 1.82) is 0 Å². The van der Waals surface area contributed by atoms with Gasteiger partial charge in [-0.25, -0.2) is 21.6 Å². The molecule has 37 heteroatoms. The number of hydrogen-bond donors (Lipinski definition) is 4. The van der Waals surface area contributed by atoms with E-state index in [0.29, 0.717) is 0 Å². The van der Waals surface area contributed by atoms with E-state index < -0.39 is 112 Å². The Morgan fingerprint density at radius 2 is 0.707 bits per heavy atom. The van der Waals surface area contributed by atoms with Crippen LogP contribution >= 0.6 is 0 Å². The van der Waals surface area contributed by atoms with Crippen LogP contribution in [0.3, 0.4) is 0 Å². The quantitative estimate of drug-likeness (QED) is 0.0446. The van der Waals surface area contributed by atoms with E-state index in [2.05, 4.69) is 51.5 Å². The summed E-state index contributed by atoms with van der Waals surface area (Å²) in [6.45, 7) is 0. The molecule has 27 nitrogen and oxygen atoms in total. The Morgan fingerprint density at radius 1 is 0.390 bits per heavy atom. The van der Waals surface area contributed by atoms with Gasteiger partial charge < -0.3 is 40.2 Å². The van der Waals surface area contributed by atoms with Gasteiger partial charge in [0.15, 0.2) is 0 Å². The molecule has 8 aromatic carbocycles. The van der Waals surface area contributed by atoms with Crippen molar-refractivity contribution >= 4 is 125 Å². The number of benzene rings is 8. The average molecular weight is 1240 g/mol. The van der Waals surface area contributed by atoms with Gasteiger partial charge in [0.05, 0.1) is 55.3 Å². The predicted molar refractivity (Wildman–Crippen MR) is 256 cm³/mol. The number of urea groups is 1. The molecule has 82 heavy (non-hydrogen) atoms. The van der Waals surface area contributed by atoms with E-state index in [1.165, 1.54) is 72.8 Å². The minimum Gasteiger partial charge on any atom is -0.871 e. The number of amides is 2. The van der Waals surface area contributed by atoms with Crippen molar-refractivity contribution in [1.82, 2.24) is 0 Å². The molecule has 388 valence electrons. The smallest absolute Gasteiger partial charge is 0.871 e. The second-order valence-corrected chi connectivity index (χ2v) is 21.0. The molecule has 0 aliphatic heterocycles. The standard InChI is InChI=1S/C45H32N10O17S4.6Na/c56-37-21-29(50-48-25-1-9-31(10-2-25)73(61,62)63)7-15-35(37)52-54-41-39(75(67,68)69)19-23-17-27(5-13-33(23)43(41)58)46-45(60)47-28-6-14-34-24(18-28)20-40(76(70,71)72)42(44(34)59)55-53-36-16-8-30(22-38(36)57)51-49-26-3-11-32(12-4-26)74(64,65)66;;;;;;/h1-22,56-59H,(H2,46,47,60)(H,61,62,63)(H,64,65,66)(H,67,68,69)(H,70,71,72);;;;;;/q;6*+1/p-6. The van der Waals surface area contributed by atoms with Crippen LogP contribution in [-0.2, 0) is 40.5 Å². The molecule has 0 radical (unpaired) electrons. The first-order chi connectivity index (χ1) is 35.7. The predicted octanol–water partition coefficient (Wildman–Crippen LogP) is -10.1. The summed E-state index contributed by atoms with van der Waals surface area (Å²) in [6.07, 6.45) is 0. The van der Waals surface area contributed by atoms with Crippen LogP contribution in [0, 0.1) is 0 Å². The number of rotatable bonds is 14. The van der Waals surface area contributed by atoms with E-state index in [1.54, 1.807) is 0 Å². The molecule has 4 N–H and O–H groups in total. The first-order valence-electron chi connectivity index (χ1n) is 20.7. The zero-order valence-electron chi connectivity index (χ0n) is 43.4. The number of nitrogens with one attached hydrogen (secondary N) is 2. The number of nitrogens with zero attached hydrogens (tertiary/aromatic N) is 8. The van der Waals surface area contributed by atoms with Crippen LogP contribution in [-0.4, -0.2) is 57.9 Å². The van der Waals surface area contributed by atoms with Gasteiger partial charge in [0, 0.05) is 11.4 Å². The number of azo groups is 4. The molecule has 0 aliphatic rings.